The van der Waals surface area contributed by atoms with Crippen LogP contribution in [0, 0.1) is 5.82 Å². The largest absolute Gasteiger partial charge is 0.462 e. The second kappa shape index (κ2) is 6.68. The van der Waals surface area contributed by atoms with Gasteiger partial charge < -0.3 is 10.5 Å². The van der Waals surface area contributed by atoms with Crippen molar-refractivity contribution in [1.82, 2.24) is 4.98 Å². The number of nitrogens with two attached hydrogens (primary N) is 1. The number of nitrogens with zero attached hydrogens (tertiary/aromatic N) is 1. The minimum absolute atomic E-state index is 0.285. The fourth-order valence-electron chi connectivity index (χ4n) is 3.62. The number of aryl methyl sites for hydroxylation is 1. The van der Waals surface area contributed by atoms with Crippen molar-refractivity contribution in [3.05, 3.63) is 46.2 Å². The molecule has 0 fully saturated rings. The number of hydrogen-bond donors (Lipinski definition) is 1. The molecule has 2 aromatic heterocycles. The Labute approximate surface area is 154 Å². The Morgan fingerprint density at radius 2 is 2.15 bits per heavy atom. The molecule has 1 aliphatic carbocycles. The van der Waals surface area contributed by atoms with Crippen LogP contribution in [0.15, 0.2) is 24.3 Å². The van der Waals surface area contributed by atoms with E-state index in [2.05, 4.69) is 0 Å². The Bertz CT molecular complexity index is 1010. The lowest BCUT2D eigenvalue weighted by Gasteiger charge is -2.20. The van der Waals surface area contributed by atoms with E-state index in [-0.39, 0.29) is 12.4 Å². The van der Waals surface area contributed by atoms with Gasteiger partial charge in [0.05, 0.1) is 12.3 Å². The number of aromatic nitrogens is 1. The summed E-state index contributed by atoms with van der Waals surface area (Å²) in [6, 6.07) is 6.52. The number of esters is 1. The van der Waals surface area contributed by atoms with Gasteiger partial charge in [-0.3, -0.25) is 0 Å². The molecule has 0 atom stereocenters. The van der Waals surface area contributed by atoms with E-state index in [1.807, 2.05) is 6.07 Å². The number of thiophene rings is 1. The van der Waals surface area contributed by atoms with E-state index >= 15 is 0 Å². The van der Waals surface area contributed by atoms with Crippen molar-refractivity contribution in [2.45, 2.75) is 32.6 Å². The van der Waals surface area contributed by atoms with Crippen LogP contribution in [0.5, 0.6) is 0 Å². The summed E-state index contributed by atoms with van der Waals surface area (Å²) < 4.78 is 19.0. The fourth-order valence-corrected chi connectivity index (χ4v) is 4.64. The number of benzene rings is 1. The number of fused-ring (bicyclic) bond motifs is 2. The van der Waals surface area contributed by atoms with Gasteiger partial charge in [0.25, 0.3) is 0 Å². The number of carbonyl (C=O) groups excluding carboxylic acids is 1. The van der Waals surface area contributed by atoms with Crippen LogP contribution in [0.1, 0.15) is 40.7 Å². The van der Waals surface area contributed by atoms with E-state index in [1.54, 1.807) is 13.0 Å². The molecule has 3 aromatic rings. The highest BCUT2D eigenvalue weighted by atomic mass is 32.1. The summed E-state index contributed by atoms with van der Waals surface area (Å²) in [5.74, 6) is -0.729. The van der Waals surface area contributed by atoms with Gasteiger partial charge in [0.15, 0.2) is 0 Å². The summed E-state index contributed by atoms with van der Waals surface area (Å²) >= 11 is 1.25. The average Bonchev–Trinajstić information content (AvgIpc) is 2.96. The SMILES string of the molecule is CCOC(=O)c1sc2nc3c(c(-c4cccc(F)c4)c2c1N)CCCC3. The summed E-state index contributed by atoms with van der Waals surface area (Å²) in [6.45, 7) is 2.05. The van der Waals surface area contributed by atoms with Crippen LogP contribution in [0.2, 0.25) is 0 Å². The summed E-state index contributed by atoms with van der Waals surface area (Å²) in [5, 5.41) is 0.740. The molecule has 0 unspecified atom stereocenters. The van der Waals surface area contributed by atoms with E-state index < -0.39 is 5.97 Å². The predicted molar refractivity (Wildman–Crippen MR) is 102 cm³/mol. The summed E-state index contributed by atoms with van der Waals surface area (Å²) in [7, 11) is 0. The zero-order valence-corrected chi connectivity index (χ0v) is 15.3. The van der Waals surface area contributed by atoms with Crippen molar-refractivity contribution < 1.29 is 13.9 Å². The molecule has 26 heavy (non-hydrogen) atoms. The molecule has 134 valence electrons. The first-order chi connectivity index (χ1) is 12.6. The molecule has 4 rings (SSSR count). The van der Waals surface area contributed by atoms with E-state index in [9.17, 15) is 9.18 Å². The number of rotatable bonds is 3. The lowest BCUT2D eigenvalue weighted by molar-refractivity contribution is 0.0533. The molecule has 0 saturated heterocycles. The van der Waals surface area contributed by atoms with Crippen molar-refractivity contribution in [2.24, 2.45) is 0 Å². The van der Waals surface area contributed by atoms with Gasteiger partial charge in [-0.05, 0) is 61.4 Å². The zero-order valence-electron chi connectivity index (χ0n) is 14.5. The topological polar surface area (TPSA) is 65.2 Å². The van der Waals surface area contributed by atoms with E-state index in [1.165, 1.54) is 23.5 Å². The number of halogens is 1. The Balaban J connectivity index is 2.05. The minimum atomic E-state index is -0.434. The second-order valence-corrected chi connectivity index (χ2v) is 7.37. The molecule has 0 bridgehead atoms. The number of ether oxygens (including phenoxy) is 1. The highest BCUT2D eigenvalue weighted by Gasteiger charge is 2.26. The highest BCUT2D eigenvalue weighted by Crippen LogP contribution is 2.44. The maximum absolute atomic E-state index is 13.9. The smallest absolute Gasteiger partial charge is 0.350 e. The molecular weight excluding hydrogens is 351 g/mol. The number of carbonyl (C=O) groups is 1. The van der Waals surface area contributed by atoms with Crippen LogP contribution >= 0.6 is 11.3 Å². The van der Waals surface area contributed by atoms with Gasteiger partial charge in [0.1, 0.15) is 15.5 Å². The first-order valence-corrected chi connectivity index (χ1v) is 9.58. The lowest BCUT2D eigenvalue weighted by Crippen LogP contribution is -2.08. The maximum atomic E-state index is 13.9. The van der Waals surface area contributed by atoms with Crippen molar-refractivity contribution >= 4 is 33.2 Å². The summed E-state index contributed by atoms with van der Waals surface area (Å²) in [5.41, 5.74) is 10.6. The standard InChI is InChI=1S/C20H19FN2O2S/c1-2-25-20(24)18-17(22)16-15(11-6-5-7-12(21)10-11)13-8-3-4-9-14(13)23-19(16)26-18/h5-7,10H,2-4,8-9,22H2,1H3. The zero-order chi connectivity index (χ0) is 18.3. The molecule has 0 saturated carbocycles. The second-order valence-electron chi connectivity index (χ2n) is 6.37. The molecule has 0 aliphatic heterocycles. The molecule has 1 aromatic carbocycles. The Morgan fingerprint density at radius 1 is 1.35 bits per heavy atom. The molecule has 1 aliphatic rings. The summed E-state index contributed by atoms with van der Waals surface area (Å²) in [4.78, 5) is 18.1. The molecule has 2 heterocycles. The number of hydrogen-bond acceptors (Lipinski definition) is 5. The third-order valence-corrected chi connectivity index (χ3v) is 5.81. The van der Waals surface area contributed by atoms with Crippen molar-refractivity contribution in [3.63, 3.8) is 0 Å². The Morgan fingerprint density at radius 3 is 2.92 bits per heavy atom. The van der Waals surface area contributed by atoms with Gasteiger partial charge in [-0.25, -0.2) is 14.2 Å². The van der Waals surface area contributed by atoms with Gasteiger partial charge in [-0.1, -0.05) is 12.1 Å². The average molecular weight is 370 g/mol. The molecule has 0 spiro atoms. The first kappa shape index (κ1) is 17.0. The predicted octanol–water partition coefficient (Wildman–Crippen LogP) is 4.74. The maximum Gasteiger partial charge on any atom is 0.350 e. The summed E-state index contributed by atoms with van der Waals surface area (Å²) in [6.07, 6.45) is 3.92. The monoisotopic (exact) mass is 370 g/mol. The molecule has 0 amide bonds. The van der Waals surface area contributed by atoms with Crippen molar-refractivity contribution in [2.75, 3.05) is 12.3 Å². The van der Waals surface area contributed by atoms with Crippen LogP contribution in [-0.4, -0.2) is 17.6 Å². The molecular formula is C20H19FN2O2S. The van der Waals surface area contributed by atoms with Crippen LogP contribution in [0.3, 0.4) is 0 Å². The van der Waals surface area contributed by atoms with Gasteiger partial charge in [0, 0.05) is 11.1 Å². The number of nitrogen functional groups attached to an aromatic ring is 1. The van der Waals surface area contributed by atoms with Gasteiger partial charge in [0.2, 0.25) is 0 Å². The van der Waals surface area contributed by atoms with Gasteiger partial charge in [-0.15, -0.1) is 11.3 Å². The highest BCUT2D eigenvalue weighted by molar-refractivity contribution is 7.21. The third kappa shape index (κ3) is 2.74. The molecule has 2 N–H and O–H groups in total. The van der Waals surface area contributed by atoms with Gasteiger partial charge >= 0.3 is 5.97 Å². The fraction of sp³-hybridized carbons (Fsp3) is 0.300. The number of anilines is 1. The van der Waals surface area contributed by atoms with E-state index in [0.29, 0.717) is 15.4 Å². The Kier molecular flexibility index (Phi) is 4.36. The Hall–Kier alpha value is -2.47. The van der Waals surface area contributed by atoms with Crippen LogP contribution in [0.4, 0.5) is 10.1 Å². The minimum Gasteiger partial charge on any atom is -0.462 e. The lowest BCUT2D eigenvalue weighted by atomic mass is 9.87. The molecule has 4 nitrogen and oxygen atoms in total. The quantitative estimate of drug-likeness (QED) is 0.676. The van der Waals surface area contributed by atoms with E-state index in [0.717, 1.165) is 53.5 Å². The third-order valence-electron chi connectivity index (χ3n) is 4.73. The molecule has 0 radical (unpaired) electrons. The van der Waals surface area contributed by atoms with Crippen LogP contribution in [0.25, 0.3) is 21.3 Å². The van der Waals surface area contributed by atoms with Crippen molar-refractivity contribution in [3.8, 4) is 11.1 Å². The van der Waals surface area contributed by atoms with Crippen LogP contribution in [-0.2, 0) is 17.6 Å². The normalized spacial score (nSPS) is 13.6. The van der Waals surface area contributed by atoms with Crippen molar-refractivity contribution in [1.29, 1.82) is 0 Å². The van der Waals surface area contributed by atoms with Crippen LogP contribution < -0.4 is 5.73 Å². The first-order valence-electron chi connectivity index (χ1n) is 8.77. The molecule has 6 heteroatoms. The number of pyridine rings is 1. The van der Waals surface area contributed by atoms with Gasteiger partial charge in [-0.2, -0.15) is 0 Å². The van der Waals surface area contributed by atoms with E-state index in [4.69, 9.17) is 15.5 Å².